The SMILES string of the molecule is NCc1c(OCc2ccc(Cl)s2)ccc2ccccc12. The Bertz CT molecular complexity index is 738. The molecule has 4 heteroatoms. The molecule has 0 saturated carbocycles. The van der Waals surface area contributed by atoms with Crippen molar-refractivity contribution in [1.82, 2.24) is 0 Å². The summed E-state index contributed by atoms with van der Waals surface area (Å²) in [6.07, 6.45) is 0. The first-order valence-corrected chi connectivity index (χ1v) is 7.55. The van der Waals surface area contributed by atoms with Crippen LogP contribution in [0.3, 0.4) is 0 Å². The summed E-state index contributed by atoms with van der Waals surface area (Å²) in [5.41, 5.74) is 6.94. The van der Waals surface area contributed by atoms with Gasteiger partial charge in [0.05, 0.1) is 4.34 Å². The van der Waals surface area contributed by atoms with Crippen molar-refractivity contribution in [3.05, 3.63) is 63.3 Å². The molecule has 0 atom stereocenters. The van der Waals surface area contributed by atoms with E-state index in [9.17, 15) is 0 Å². The van der Waals surface area contributed by atoms with Crippen LogP contribution in [0.4, 0.5) is 0 Å². The first kappa shape index (κ1) is 13.4. The molecule has 3 rings (SSSR count). The molecule has 0 aliphatic heterocycles. The monoisotopic (exact) mass is 303 g/mol. The summed E-state index contributed by atoms with van der Waals surface area (Å²) >= 11 is 7.46. The first-order chi connectivity index (χ1) is 9.78. The van der Waals surface area contributed by atoms with Gasteiger partial charge in [-0.05, 0) is 29.0 Å². The predicted molar refractivity (Wildman–Crippen MR) is 85.5 cm³/mol. The smallest absolute Gasteiger partial charge is 0.124 e. The average molecular weight is 304 g/mol. The summed E-state index contributed by atoms with van der Waals surface area (Å²) in [6, 6.07) is 16.1. The number of rotatable bonds is 4. The van der Waals surface area contributed by atoms with Crippen LogP contribution in [0.2, 0.25) is 4.34 Å². The topological polar surface area (TPSA) is 35.2 Å². The third-order valence-electron chi connectivity index (χ3n) is 3.20. The zero-order chi connectivity index (χ0) is 13.9. The lowest BCUT2D eigenvalue weighted by atomic mass is 10.0. The Balaban J connectivity index is 1.91. The van der Waals surface area contributed by atoms with Crippen LogP contribution in [0.1, 0.15) is 10.4 Å². The highest BCUT2D eigenvalue weighted by atomic mass is 35.5. The molecule has 0 bridgehead atoms. The number of ether oxygens (including phenoxy) is 1. The molecule has 0 spiro atoms. The number of fused-ring (bicyclic) bond motifs is 1. The highest BCUT2D eigenvalue weighted by Gasteiger charge is 2.08. The van der Waals surface area contributed by atoms with Gasteiger partial charge in [-0.25, -0.2) is 0 Å². The molecule has 1 heterocycles. The summed E-state index contributed by atoms with van der Waals surface area (Å²) < 4.78 is 6.69. The van der Waals surface area contributed by atoms with Gasteiger partial charge in [-0.2, -0.15) is 0 Å². The van der Waals surface area contributed by atoms with Gasteiger partial charge < -0.3 is 10.5 Å². The molecule has 2 nitrogen and oxygen atoms in total. The molecule has 0 aliphatic rings. The van der Waals surface area contributed by atoms with Crippen LogP contribution in [0.25, 0.3) is 10.8 Å². The number of halogens is 1. The van der Waals surface area contributed by atoms with Gasteiger partial charge in [-0.15, -0.1) is 11.3 Å². The van der Waals surface area contributed by atoms with E-state index >= 15 is 0 Å². The minimum absolute atomic E-state index is 0.460. The van der Waals surface area contributed by atoms with Crippen molar-refractivity contribution in [1.29, 1.82) is 0 Å². The van der Waals surface area contributed by atoms with Crippen molar-refractivity contribution in [2.24, 2.45) is 5.73 Å². The fourth-order valence-corrected chi connectivity index (χ4v) is 3.24. The Hall–Kier alpha value is -1.55. The summed E-state index contributed by atoms with van der Waals surface area (Å²) in [6.45, 7) is 0.977. The van der Waals surface area contributed by atoms with Crippen LogP contribution >= 0.6 is 22.9 Å². The van der Waals surface area contributed by atoms with Gasteiger partial charge in [0, 0.05) is 17.0 Å². The molecule has 3 aromatic rings. The molecule has 0 amide bonds. The third kappa shape index (κ3) is 2.66. The second-order valence-electron chi connectivity index (χ2n) is 4.46. The summed E-state index contributed by atoms with van der Waals surface area (Å²) in [5, 5.41) is 2.33. The molecule has 102 valence electrons. The van der Waals surface area contributed by atoms with Gasteiger partial charge in [0.15, 0.2) is 0 Å². The number of thiophene rings is 1. The molecule has 0 aliphatic carbocycles. The molecular weight excluding hydrogens is 290 g/mol. The summed E-state index contributed by atoms with van der Waals surface area (Å²) in [4.78, 5) is 1.10. The van der Waals surface area contributed by atoms with Crippen molar-refractivity contribution in [3.8, 4) is 5.75 Å². The Morgan fingerprint density at radius 3 is 2.65 bits per heavy atom. The maximum atomic E-state index is 5.92. The van der Waals surface area contributed by atoms with Gasteiger partial charge >= 0.3 is 0 Å². The molecule has 0 unspecified atom stereocenters. The van der Waals surface area contributed by atoms with E-state index in [1.54, 1.807) is 0 Å². The average Bonchev–Trinajstić information content (AvgIpc) is 2.90. The minimum Gasteiger partial charge on any atom is -0.488 e. The van der Waals surface area contributed by atoms with E-state index in [-0.39, 0.29) is 0 Å². The van der Waals surface area contributed by atoms with E-state index in [1.165, 1.54) is 16.7 Å². The third-order valence-corrected chi connectivity index (χ3v) is 4.41. The quantitative estimate of drug-likeness (QED) is 0.765. The van der Waals surface area contributed by atoms with Gasteiger partial charge in [0.2, 0.25) is 0 Å². The maximum absolute atomic E-state index is 5.92. The number of benzene rings is 2. The van der Waals surface area contributed by atoms with Crippen LogP contribution in [-0.2, 0) is 13.2 Å². The lowest BCUT2D eigenvalue weighted by molar-refractivity contribution is 0.307. The van der Waals surface area contributed by atoms with Crippen LogP contribution in [-0.4, -0.2) is 0 Å². The molecule has 2 aromatic carbocycles. The van der Waals surface area contributed by atoms with Gasteiger partial charge in [0.1, 0.15) is 12.4 Å². The van der Waals surface area contributed by atoms with E-state index in [0.29, 0.717) is 13.2 Å². The Morgan fingerprint density at radius 1 is 1.05 bits per heavy atom. The van der Waals surface area contributed by atoms with Crippen molar-refractivity contribution >= 4 is 33.7 Å². The van der Waals surface area contributed by atoms with Crippen LogP contribution in [0.5, 0.6) is 5.75 Å². The van der Waals surface area contributed by atoms with Crippen molar-refractivity contribution < 1.29 is 4.74 Å². The molecule has 20 heavy (non-hydrogen) atoms. The van der Waals surface area contributed by atoms with Crippen molar-refractivity contribution in [2.45, 2.75) is 13.2 Å². The Labute approximate surface area is 126 Å². The number of hydrogen-bond donors (Lipinski definition) is 1. The fourth-order valence-electron chi connectivity index (χ4n) is 2.24. The molecule has 0 saturated heterocycles. The largest absolute Gasteiger partial charge is 0.488 e. The molecule has 2 N–H and O–H groups in total. The van der Waals surface area contributed by atoms with Gasteiger partial charge in [-0.1, -0.05) is 41.9 Å². The van der Waals surface area contributed by atoms with Crippen LogP contribution in [0, 0.1) is 0 Å². The summed E-state index contributed by atoms with van der Waals surface area (Å²) in [5.74, 6) is 0.843. The Morgan fingerprint density at radius 2 is 1.90 bits per heavy atom. The minimum atomic E-state index is 0.460. The highest BCUT2D eigenvalue weighted by molar-refractivity contribution is 7.16. The second kappa shape index (κ2) is 5.83. The van der Waals surface area contributed by atoms with Crippen LogP contribution < -0.4 is 10.5 Å². The zero-order valence-electron chi connectivity index (χ0n) is 10.8. The molecule has 0 radical (unpaired) electrons. The van der Waals surface area contributed by atoms with E-state index in [0.717, 1.165) is 25.9 Å². The highest BCUT2D eigenvalue weighted by Crippen LogP contribution is 2.29. The van der Waals surface area contributed by atoms with E-state index < -0.39 is 0 Å². The molecular formula is C16H14ClNOS. The van der Waals surface area contributed by atoms with Gasteiger partial charge in [0.25, 0.3) is 0 Å². The van der Waals surface area contributed by atoms with Crippen molar-refractivity contribution in [2.75, 3.05) is 0 Å². The maximum Gasteiger partial charge on any atom is 0.124 e. The predicted octanol–water partition coefficient (Wildman–Crippen LogP) is 4.59. The standard InChI is InChI=1S/C16H14ClNOS/c17-16-8-6-12(20-16)10-19-15-7-5-11-3-1-2-4-13(11)14(15)9-18/h1-8H,9-10,18H2. The van der Waals surface area contributed by atoms with E-state index in [4.69, 9.17) is 22.1 Å². The fraction of sp³-hybridized carbons (Fsp3) is 0.125. The second-order valence-corrected chi connectivity index (χ2v) is 6.26. The lowest BCUT2D eigenvalue weighted by Gasteiger charge is -2.12. The number of hydrogen-bond acceptors (Lipinski definition) is 3. The van der Waals surface area contributed by atoms with E-state index in [1.807, 2.05) is 30.3 Å². The molecule has 0 fully saturated rings. The normalized spacial score (nSPS) is 10.9. The first-order valence-electron chi connectivity index (χ1n) is 6.35. The molecule has 1 aromatic heterocycles. The lowest BCUT2D eigenvalue weighted by Crippen LogP contribution is -2.03. The zero-order valence-corrected chi connectivity index (χ0v) is 12.4. The van der Waals surface area contributed by atoms with E-state index in [2.05, 4.69) is 18.2 Å². The number of nitrogens with two attached hydrogens (primary N) is 1. The van der Waals surface area contributed by atoms with Crippen molar-refractivity contribution in [3.63, 3.8) is 0 Å². The van der Waals surface area contributed by atoms with Gasteiger partial charge in [-0.3, -0.25) is 0 Å². The van der Waals surface area contributed by atoms with Crippen LogP contribution in [0.15, 0.2) is 48.5 Å². The Kier molecular flexibility index (Phi) is 3.92. The summed E-state index contributed by atoms with van der Waals surface area (Å²) in [7, 11) is 0.